The maximum Gasteiger partial charge on any atom is 0.326 e. The largest absolute Gasteiger partial charge is 0.480 e. The lowest BCUT2D eigenvalue weighted by Crippen LogP contribution is -2.45. The molecule has 0 bridgehead atoms. The highest BCUT2D eigenvalue weighted by Crippen LogP contribution is 2.49. The topological polar surface area (TPSA) is 66.4 Å². The molecule has 2 N–H and O–H groups in total. The van der Waals surface area contributed by atoms with Gasteiger partial charge in [-0.3, -0.25) is 4.79 Å². The average molecular weight is 281 g/mol. The summed E-state index contributed by atoms with van der Waals surface area (Å²) in [6, 6.07) is -0.736. The Hall–Kier alpha value is -1.06. The fourth-order valence-corrected chi connectivity index (χ4v) is 3.54. The number of hydrogen-bond acceptors (Lipinski definition) is 2. The van der Waals surface area contributed by atoms with Crippen molar-refractivity contribution in [2.75, 3.05) is 0 Å². The quantitative estimate of drug-likeness (QED) is 0.786. The van der Waals surface area contributed by atoms with Crippen molar-refractivity contribution in [2.45, 2.75) is 64.8 Å². The van der Waals surface area contributed by atoms with Crippen molar-refractivity contribution in [1.29, 1.82) is 0 Å². The third-order valence-electron chi connectivity index (χ3n) is 5.21. The first-order valence-corrected chi connectivity index (χ1v) is 8.07. The van der Waals surface area contributed by atoms with Gasteiger partial charge in [-0.25, -0.2) is 4.79 Å². The SMILES string of the molecule is CCC(C)C(NC(=O)C1CC1C1CCCCC1)C(=O)O. The van der Waals surface area contributed by atoms with E-state index in [4.69, 9.17) is 0 Å². The Bertz CT molecular complexity index is 363. The summed E-state index contributed by atoms with van der Waals surface area (Å²) in [5.41, 5.74) is 0. The number of carboxylic acid groups (broad SMARTS) is 1. The van der Waals surface area contributed by atoms with Gasteiger partial charge in [0.1, 0.15) is 6.04 Å². The second-order valence-corrected chi connectivity index (χ2v) is 6.61. The maximum absolute atomic E-state index is 12.2. The molecular formula is C16H27NO3. The zero-order chi connectivity index (χ0) is 14.7. The molecule has 0 spiro atoms. The number of carbonyl (C=O) groups excluding carboxylic acids is 1. The van der Waals surface area contributed by atoms with E-state index in [-0.39, 0.29) is 17.7 Å². The third-order valence-corrected chi connectivity index (χ3v) is 5.21. The number of amides is 1. The molecule has 0 heterocycles. The van der Waals surface area contributed by atoms with Crippen LogP contribution in [0, 0.1) is 23.7 Å². The van der Waals surface area contributed by atoms with Crippen molar-refractivity contribution in [3.05, 3.63) is 0 Å². The molecule has 2 fully saturated rings. The predicted octanol–water partition coefficient (Wildman–Crippen LogP) is 2.82. The maximum atomic E-state index is 12.2. The van der Waals surface area contributed by atoms with E-state index < -0.39 is 12.0 Å². The van der Waals surface area contributed by atoms with Gasteiger partial charge >= 0.3 is 5.97 Å². The van der Waals surface area contributed by atoms with Gasteiger partial charge in [-0.05, 0) is 24.2 Å². The minimum absolute atomic E-state index is 0.0247. The summed E-state index contributed by atoms with van der Waals surface area (Å²) in [5.74, 6) is 0.316. The second-order valence-electron chi connectivity index (χ2n) is 6.61. The molecule has 0 radical (unpaired) electrons. The van der Waals surface area contributed by atoms with Gasteiger partial charge in [-0.1, -0.05) is 52.4 Å². The highest BCUT2D eigenvalue weighted by Gasteiger charge is 2.48. The van der Waals surface area contributed by atoms with Gasteiger partial charge in [0.2, 0.25) is 5.91 Å². The molecule has 4 nitrogen and oxygen atoms in total. The van der Waals surface area contributed by atoms with E-state index in [1.54, 1.807) is 0 Å². The van der Waals surface area contributed by atoms with Crippen LogP contribution in [0.5, 0.6) is 0 Å². The lowest BCUT2D eigenvalue weighted by atomic mass is 9.85. The molecule has 0 aliphatic heterocycles. The molecule has 2 aliphatic rings. The van der Waals surface area contributed by atoms with Crippen molar-refractivity contribution >= 4 is 11.9 Å². The Balaban J connectivity index is 1.84. The first-order chi connectivity index (χ1) is 9.54. The monoisotopic (exact) mass is 281 g/mol. The third kappa shape index (κ3) is 3.53. The zero-order valence-electron chi connectivity index (χ0n) is 12.6. The predicted molar refractivity (Wildman–Crippen MR) is 77.2 cm³/mol. The highest BCUT2D eigenvalue weighted by molar-refractivity contribution is 5.86. The first kappa shape index (κ1) is 15.3. The van der Waals surface area contributed by atoms with Gasteiger partial charge in [0.05, 0.1) is 0 Å². The van der Waals surface area contributed by atoms with Gasteiger partial charge < -0.3 is 10.4 Å². The van der Waals surface area contributed by atoms with E-state index in [9.17, 15) is 14.7 Å². The van der Waals surface area contributed by atoms with Crippen LogP contribution in [0.1, 0.15) is 58.8 Å². The Kier molecular flexibility index (Phi) is 5.06. The van der Waals surface area contributed by atoms with Crippen LogP contribution in [0.15, 0.2) is 0 Å². The number of rotatable bonds is 6. The van der Waals surface area contributed by atoms with E-state index in [0.29, 0.717) is 11.8 Å². The first-order valence-electron chi connectivity index (χ1n) is 8.07. The van der Waals surface area contributed by atoms with Crippen molar-refractivity contribution in [3.8, 4) is 0 Å². The van der Waals surface area contributed by atoms with Crippen LogP contribution in [0.25, 0.3) is 0 Å². The minimum atomic E-state index is -0.914. The van der Waals surface area contributed by atoms with Crippen molar-refractivity contribution < 1.29 is 14.7 Å². The standard InChI is InChI=1S/C16H27NO3/c1-3-10(2)14(16(19)20)17-15(18)13-9-12(13)11-7-5-4-6-8-11/h10-14H,3-9H2,1-2H3,(H,17,18)(H,19,20). The van der Waals surface area contributed by atoms with Gasteiger partial charge in [-0.2, -0.15) is 0 Å². The van der Waals surface area contributed by atoms with Crippen LogP contribution in [0.2, 0.25) is 0 Å². The zero-order valence-corrected chi connectivity index (χ0v) is 12.6. The van der Waals surface area contributed by atoms with Crippen LogP contribution >= 0.6 is 0 Å². The summed E-state index contributed by atoms with van der Waals surface area (Å²) in [6.07, 6.45) is 8.14. The molecule has 2 rings (SSSR count). The van der Waals surface area contributed by atoms with Gasteiger partial charge in [-0.15, -0.1) is 0 Å². The molecule has 0 aromatic carbocycles. The van der Waals surface area contributed by atoms with Crippen molar-refractivity contribution in [2.24, 2.45) is 23.7 Å². The van der Waals surface area contributed by atoms with E-state index in [1.807, 2.05) is 13.8 Å². The summed E-state index contributed by atoms with van der Waals surface area (Å²) < 4.78 is 0. The minimum Gasteiger partial charge on any atom is -0.480 e. The lowest BCUT2D eigenvalue weighted by Gasteiger charge is -2.23. The molecular weight excluding hydrogens is 254 g/mol. The summed E-state index contributed by atoms with van der Waals surface area (Å²) in [6.45, 7) is 3.83. The van der Waals surface area contributed by atoms with Gasteiger partial charge in [0.25, 0.3) is 0 Å². The summed E-state index contributed by atoms with van der Waals surface area (Å²) in [5, 5.41) is 12.0. The van der Waals surface area contributed by atoms with Crippen molar-refractivity contribution in [3.63, 3.8) is 0 Å². The van der Waals surface area contributed by atoms with Crippen molar-refractivity contribution in [1.82, 2.24) is 5.32 Å². The number of aliphatic carboxylic acids is 1. The summed E-state index contributed by atoms with van der Waals surface area (Å²) in [7, 11) is 0. The molecule has 1 amide bonds. The molecule has 2 saturated carbocycles. The number of carbonyl (C=O) groups is 2. The molecule has 0 aromatic rings. The van der Waals surface area contributed by atoms with E-state index in [1.165, 1.54) is 32.1 Å². The molecule has 20 heavy (non-hydrogen) atoms. The molecule has 114 valence electrons. The van der Waals surface area contributed by atoms with Gasteiger partial charge in [0, 0.05) is 5.92 Å². The Labute approximate surface area is 121 Å². The molecule has 0 aromatic heterocycles. The van der Waals surface area contributed by atoms with Crippen LogP contribution in [-0.4, -0.2) is 23.0 Å². The Morgan fingerprint density at radius 2 is 1.90 bits per heavy atom. The van der Waals surface area contributed by atoms with E-state index in [0.717, 1.165) is 12.8 Å². The van der Waals surface area contributed by atoms with E-state index in [2.05, 4.69) is 5.32 Å². The molecule has 2 aliphatic carbocycles. The summed E-state index contributed by atoms with van der Waals surface area (Å²) >= 11 is 0. The Morgan fingerprint density at radius 1 is 1.25 bits per heavy atom. The number of nitrogens with one attached hydrogen (secondary N) is 1. The van der Waals surface area contributed by atoms with E-state index >= 15 is 0 Å². The van der Waals surface area contributed by atoms with Crippen LogP contribution in [0.3, 0.4) is 0 Å². The van der Waals surface area contributed by atoms with Crippen LogP contribution in [0.4, 0.5) is 0 Å². The number of carboxylic acids is 1. The highest BCUT2D eigenvalue weighted by atomic mass is 16.4. The smallest absolute Gasteiger partial charge is 0.326 e. The molecule has 4 atom stereocenters. The molecule has 0 saturated heterocycles. The van der Waals surface area contributed by atoms with Crippen LogP contribution < -0.4 is 5.32 Å². The lowest BCUT2D eigenvalue weighted by molar-refractivity contribution is -0.143. The van der Waals surface area contributed by atoms with Gasteiger partial charge in [0.15, 0.2) is 0 Å². The average Bonchev–Trinajstić information content (AvgIpc) is 3.25. The molecule has 4 unspecified atom stereocenters. The fourth-order valence-electron chi connectivity index (χ4n) is 3.54. The number of hydrogen-bond donors (Lipinski definition) is 2. The fraction of sp³-hybridized carbons (Fsp3) is 0.875. The second kappa shape index (κ2) is 6.59. The summed E-state index contributed by atoms with van der Waals surface area (Å²) in [4.78, 5) is 23.5. The van der Waals surface area contributed by atoms with Crippen LogP contribution in [-0.2, 0) is 9.59 Å². The molecule has 4 heteroatoms. The Morgan fingerprint density at radius 3 is 2.45 bits per heavy atom. The normalized spacial score (nSPS) is 29.5.